The third-order valence-electron chi connectivity index (χ3n) is 3.23. The van der Waals surface area contributed by atoms with Crippen molar-refractivity contribution >= 4 is 53.2 Å². The molecule has 5 nitrogen and oxygen atoms in total. The van der Waals surface area contributed by atoms with E-state index in [2.05, 4.69) is 15.3 Å². The van der Waals surface area contributed by atoms with Crippen LogP contribution in [0.15, 0.2) is 48.7 Å². The molecule has 3 rings (SSSR count). The van der Waals surface area contributed by atoms with Gasteiger partial charge in [0.15, 0.2) is 5.95 Å². The molecule has 8 heteroatoms. The maximum atomic E-state index is 12.2. The largest absolute Gasteiger partial charge is 0.369 e. The molecular weight excluding hydrogens is 371 g/mol. The number of amides is 1. The first-order chi connectivity index (χ1) is 11.0. The third kappa shape index (κ3) is 4.00. The molecule has 0 saturated carbocycles. The summed E-state index contributed by atoms with van der Waals surface area (Å²) in [5.41, 5.74) is 8.38. The molecule has 0 fully saturated rings. The standard InChI is InChI=1S/C16H12Cl2N4O.ClH/c17-12-6-3-10(7-13(12)18)15(23)21-11-4-1-9(2-5-11)14-8-20-16(19)22-14;/h1-8H,(H,21,23)(H3,19,20,22);1H. The van der Waals surface area contributed by atoms with E-state index >= 15 is 0 Å². The number of carbonyl (C=O) groups excluding carboxylic acids is 1. The van der Waals surface area contributed by atoms with Gasteiger partial charge in [-0.15, -0.1) is 12.4 Å². The summed E-state index contributed by atoms with van der Waals surface area (Å²) in [4.78, 5) is 19.1. The Kier molecular flexibility index (Phi) is 5.72. The van der Waals surface area contributed by atoms with Crippen LogP contribution >= 0.6 is 35.6 Å². The zero-order valence-electron chi connectivity index (χ0n) is 12.2. The predicted octanol–water partition coefficient (Wildman–Crippen LogP) is 4.64. The first-order valence-corrected chi connectivity index (χ1v) is 7.46. The SMILES string of the molecule is Cl.Nc1ncc(-c2ccc(NC(=O)c3ccc(Cl)c(Cl)c3)cc2)[nH]1. The Morgan fingerprint density at radius 3 is 2.38 bits per heavy atom. The first-order valence-electron chi connectivity index (χ1n) is 6.70. The number of rotatable bonds is 3. The van der Waals surface area contributed by atoms with Gasteiger partial charge in [-0.1, -0.05) is 35.3 Å². The molecule has 0 unspecified atom stereocenters. The molecule has 124 valence electrons. The Hall–Kier alpha value is -2.21. The molecule has 4 N–H and O–H groups in total. The molecule has 0 aliphatic rings. The van der Waals surface area contributed by atoms with Crippen LogP contribution in [0.1, 0.15) is 10.4 Å². The van der Waals surface area contributed by atoms with Crippen molar-refractivity contribution < 1.29 is 4.79 Å². The highest BCUT2D eigenvalue weighted by atomic mass is 35.5. The van der Waals surface area contributed by atoms with Crippen LogP contribution in [-0.2, 0) is 0 Å². The van der Waals surface area contributed by atoms with Crippen molar-refractivity contribution in [2.45, 2.75) is 0 Å². The normalized spacial score (nSPS) is 10.1. The highest BCUT2D eigenvalue weighted by molar-refractivity contribution is 6.42. The summed E-state index contributed by atoms with van der Waals surface area (Å²) in [6.45, 7) is 0. The Morgan fingerprint density at radius 1 is 1.08 bits per heavy atom. The van der Waals surface area contributed by atoms with E-state index < -0.39 is 0 Å². The third-order valence-corrected chi connectivity index (χ3v) is 3.97. The van der Waals surface area contributed by atoms with E-state index in [-0.39, 0.29) is 18.3 Å². The van der Waals surface area contributed by atoms with E-state index in [0.717, 1.165) is 11.3 Å². The number of hydrogen-bond acceptors (Lipinski definition) is 3. The molecule has 0 aliphatic heterocycles. The highest BCUT2D eigenvalue weighted by Gasteiger charge is 2.09. The number of halogens is 3. The van der Waals surface area contributed by atoms with E-state index in [1.807, 2.05) is 12.1 Å². The number of anilines is 2. The van der Waals surface area contributed by atoms with Crippen LogP contribution in [0.5, 0.6) is 0 Å². The second-order valence-electron chi connectivity index (χ2n) is 4.84. The smallest absolute Gasteiger partial charge is 0.255 e. The Bertz CT molecular complexity index is 862. The Morgan fingerprint density at radius 2 is 1.79 bits per heavy atom. The molecule has 0 radical (unpaired) electrons. The molecule has 0 spiro atoms. The number of carbonyl (C=O) groups is 1. The lowest BCUT2D eigenvalue weighted by Crippen LogP contribution is -2.11. The summed E-state index contributed by atoms with van der Waals surface area (Å²) < 4.78 is 0. The summed E-state index contributed by atoms with van der Waals surface area (Å²) in [6, 6.07) is 12.0. The molecule has 1 amide bonds. The maximum absolute atomic E-state index is 12.2. The molecule has 1 heterocycles. The number of aromatic nitrogens is 2. The Labute approximate surface area is 154 Å². The van der Waals surface area contributed by atoms with Crippen LogP contribution in [0, 0.1) is 0 Å². The van der Waals surface area contributed by atoms with Crippen LogP contribution in [0.4, 0.5) is 11.6 Å². The summed E-state index contributed by atoms with van der Waals surface area (Å²) >= 11 is 11.8. The average Bonchev–Trinajstić information content (AvgIpc) is 2.97. The van der Waals surface area contributed by atoms with Crippen LogP contribution in [0.2, 0.25) is 10.0 Å². The van der Waals surface area contributed by atoms with Gasteiger partial charge < -0.3 is 16.0 Å². The van der Waals surface area contributed by atoms with Crippen LogP contribution in [-0.4, -0.2) is 15.9 Å². The summed E-state index contributed by atoms with van der Waals surface area (Å²) in [5, 5.41) is 3.55. The lowest BCUT2D eigenvalue weighted by molar-refractivity contribution is 0.102. The van der Waals surface area contributed by atoms with Gasteiger partial charge in [0.1, 0.15) is 0 Å². The first kappa shape index (κ1) is 18.1. The molecule has 1 aromatic heterocycles. The lowest BCUT2D eigenvalue weighted by atomic mass is 10.1. The lowest BCUT2D eigenvalue weighted by Gasteiger charge is -2.07. The van der Waals surface area contributed by atoms with E-state index in [1.54, 1.807) is 30.5 Å². The summed E-state index contributed by atoms with van der Waals surface area (Å²) in [7, 11) is 0. The van der Waals surface area contributed by atoms with Gasteiger partial charge in [0, 0.05) is 11.3 Å². The second-order valence-corrected chi connectivity index (χ2v) is 5.66. The van der Waals surface area contributed by atoms with Crippen molar-refractivity contribution in [2.75, 3.05) is 11.1 Å². The molecule has 0 atom stereocenters. The van der Waals surface area contributed by atoms with Crippen LogP contribution in [0.3, 0.4) is 0 Å². The van der Waals surface area contributed by atoms with E-state index in [1.165, 1.54) is 6.07 Å². The number of benzene rings is 2. The van der Waals surface area contributed by atoms with Gasteiger partial charge in [-0.25, -0.2) is 4.98 Å². The minimum atomic E-state index is -0.262. The molecule has 24 heavy (non-hydrogen) atoms. The van der Waals surface area contributed by atoms with Crippen molar-refractivity contribution in [1.82, 2.24) is 9.97 Å². The molecule has 2 aromatic carbocycles. The van der Waals surface area contributed by atoms with Gasteiger partial charge in [-0.05, 0) is 35.9 Å². The molecule has 3 aromatic rings. The monoisotopic (exact) mass is 382 g/mol. The van der Waals surface area contributed by atoms with Crippen molar-refractivity contribution in [3.63, 3.8) is 0 Å². The quantitative estimate of drug-likeness (QED) is 0.616. The summed E-state index contributed by atoms with van der Waals surface area (Å²) in [6.07, 6.45) is 1.65. The van der Waals surface area contributed by atoms with E-state index in [9.17, 15) is 4.79 Å². The second kappa shape index (κ2) is 7.57. The highest BCUT2D eigenvalue weighted by Crippen LogP contribution is 2.24. The van der Waals surface area contributed by atoms with Crippen LogP contribution < -0.4 is 11.1 Å². The van der Waals surface area contributed by atoms with Crippen LogP contribution in [0.25, 0.3) is 11.3 Å². The molecule has 0 saturated heterocycles. The minimum absolute atomic E-state index is 0. The van der Waals surface area contributed by atoms with E-state index in [4.69, 9.17) is 28.9 Å². The number of nitrogens with zero attached hydrogens (tertiary/aromatic N) is 1. The van der Waals surface area contributed by atoms with Gasteiger partial charge in [-0.2, -0.15) is 0 Å². The number of nitrogen functional groups attached to an aromatic ring is 1. The Balaban J connectivity index is 0.00000208. The van der Waals surface area contributed by atoms with Gasteiger partial charge in [0.25, 0.3) is 5.91 Å². The topological polar surface area (TPSA) is 83.8 Å². The van der Waals surface area contributed by atoms with Gasteiger partial charge >= 0.3 is 0 Å². The van der Waals surface area contributed by atoms with Crippen molar-refractivity contribution in [1.29, 1.82) is 0 Å². The summed E-state index contributed by atoms with van der Waals surface area (Å²) in [5.74, 6) is 0.0964. The van der Waals surface area contributed by atoms with Gasteiger partial charge in [-0.3, -0.25) is 4.79 Å². The fraction of sp³-hybridized carbons (Fsp3) is 0. The zero-order chi connectivity index (χ0) is 16.4. The van der Waals surface area contributed by atoms with E-state index in [0.29, 0.717) is 27.2 Å². The number of aromatic amines is 1. The zero-order valence-corrected chi connectivity index (χ0v) is 14.5. The number of hydrogen-bond donors (Lipinski definition) is 3. The number of imidazole rings is 1. The fourth-order valence-electron chi connectivity index (χ4n) is 2.06. The van der Waals surface area contributed by atoms with Crippen molar-refractivity contribution in [2.24, 2.45) is 0 Å². The van der Waals surface area contributed by atoms with Crippen molar-refractivity contribution in [3.05, 3.63) is 64.3 Å². The van der Waals surface area contributed by atoms with Gasteiger partial charge in [0.2, 0.25) is 0 Å². The fourth-order valence-corrected chi connectivity index (χ4v) is 2.36. The molecule has 0 aliphatic carbocycles. The molecular formula is C16H13Cl3N4O. The number of H-pyrrole nitrogens is 1. The average molecular weight is 384 g/mol. The van der Waals surface area contributed by atoms with Gasteiger partial charge in [0.05, 0.1) is 21.9 Å². The predicted molar refractivity (Wildman–Crippen MR) is 100 cm³/mol. The van der Waals surface area contributed by atoms with Crippen molar-refractivity contribution in [3.8, 4) is 11.3 Å². The number of nitrogens with one attached hydrogen (secondary N) is 2. The number of nitrogens with two attached hydrogens (primary N) is 1. The molecule has 0 bridgehead atoms. The maximum Gasteiger partial charge on any atom is 0.255 e. The minimum Gasteiger partial charge on any atom is -0.369 e.